The first-order valence-electron chi connectivity index (χ1n) is 8.13. The molecule has 0 saturated heterocycles. The van der Waals surface area contributed by atoms with Gasteiger partial charge in [0, 0.05) is 23.5 Å². The Kier molecular flexibility index (Phi) is 9.00. The van der Waals surface area contributed by atoms with Crippen molar-refractivity contribution in [3.05, 3.63) is 41.4 Å². The number of guanidine groups is 1. The summed E-state index contributed by atoms with van der Waals surface area (Å²) in [4.78, 5) is 20.6. The number of carbonyl (C=O) groups excluding carboxylic acids is 1. The molecule has 0 spiro atoms. The highest BCUT2D eigenvalue weighted by atomic mass is 127. The lowest BCUT2D eigenvalue weighted by atomic mass is 10.1. The Bertz CT molecular complexity index is 725. The molecule has 1 aromatic carbocycles. The first-order chi connectivity index (χ1) is 11.9. The molecule has 0 aliphatic carbocycles. The van der Waals surface area contributed by atoms with Crippen LogP contribution in [0.5, 0.6) is 0 Å². The molecule has 0 aliphatic rings. The second-order valence-electron chi connectivity index (χ2n) is 6.59. The van der Waals surface area contributed by atoms with Crippen molar-refractivity contribution < 1.29 is 4.79 Å². The molecule has 3 N–H and O–H groups in total. The highest BCUT2D eigenvalue weighted by Gasteiger charge is 2.13. The maximum Gasteiger partial charge on any atom is 0.239 e. The number of rotatable bonds is 5. The highest BCUT2D eigenvalue weighted by molar-refractivity contribution is 14.0. The molecule has 8 heteroatoms. The molecule has 26 heavy (non-hydrogen) atoms. The zero-order valence-electron chi connectivity index (χ0n) is 15.5. The van der Waals surface area contributed by atoms with E-state index in [9.17, 15) is 4.79 Å². The van der Waals surface area contributed by atoms with Crippen LogP contribution in [0.4, 0.5) is 0 Å². The van der Waals surface area contributed by atoms with Gasteiger partial charge in [0.25, 0.3) is 0 Å². The van der Waals surface area contributed by atoms with E-state index in [-0.39, 0.29) is 42.0 Å². The minimum atomic E-state index is -0.246. The molecule has 1 amide bonds. The Labute approximate surface area is 175 Å². The normalized spacial score (nSPS) is 11.5. The van der Waals surface area contributed by atoms with Crippen LogP contribution in [0.25, 0.3) is 10.6 Å². The van der Waals surface area contributed by atoms with Crippen LogP contribution in [0.15, 0.2) is 40.7 Å². The van der Waals surface area contributed by atoms with Gasteiger partial charge in [0.05, 0.1) is 18.8 Å². The summed E-state index contributed by atoms with van der Waals surface area (Å²) in [5.41, 5.74) is 1.80. The number of nitrogens with one attached hydrogen (secondary N) is 3. The van der Waals surface area contributed by atoms with Gasteiger partial charge in [0.15, 0.2) is 5.96 Å². The molecule has 6 nitrogen and oxygen atoms in total. The zero-order chi connectivity index (χ0) is 18.3. The van der Waals surface area contributed by atoms with Crippen molar-refractivity contribution in [1.29, 1.82) is 0 Å². The maximum absolute atomic E-state index is 11.8. The van der Waals surface area contributed by atoms with Gasteiger partial charge in [-0.3, -0.25) is 9.79 Å². The Morgan fingerprint density at radius 2 is 1.88 bits per heavy atom. The Hall–Kier alpha value is -1.68. The lowest BCUT2D eigenvalue weighted by Gasteiger charge is -2.21. The fourth-order valence-corrected chi connectivity index (χ4v) is 2.95. The first-order valence-corrected chi connectivity index (χ1v) is 9.01. The number of nitrogens with zero attached hydrogens (tertiary/aromatic N) is 2. The first kappa shape index (κ1) is 22.4. The zero-order valence-corrected chi connectivity index (χ0v) is 18.6. The van der Waals surface area contributed by atoms with Crippen LogP contribution in [0.2, 0.25) is 0 Å². The van der Waals surface area contributed by atoms with Crippen molar-refractivity contribution in [1.82, 2.24) is 20.9 Å². The number of benzene rings is 1. The summed E-state index contributed by atoms with van der Waals surface area (Å²) in [6.07, 6.45) is 0. The molecule has 0 atom stereocenters. The molecule has 0 radical (unpaired) electrons. The summed E-state index contributed by atoms with van der Waals surface area (Å²) in [6, 6.07) is 10.1. The Morgan fingerprint density at radius 1 is 1.19 bits per heavy atom. The average molecular weight is 487 g/mol. The molecule has 1 heterocycles. The number of thiazole rings is 1. The molecule has 142 valence electrons. The van der Waals surface area contributed by atoms with E-state index in [1.807, 2.05) is 56.5 Å². The summed E-state index contributed by atoms with van der Waals surface area (Å²) >= 11 is 1.61. The molecule has 0 saturated carbocycles. The number of aliphatic imine (C=N–C) groups is 1. The van der Waals surface area contributed by atoms with E-state index in [1.54, 1.807) is 18.4 Å². The molecule has 0 fully saturated rings. The monoisotopic (exact) mass is 487 g/mol. The van der Waals surface area contributed by atoms with Crippen molar-refractivity contribution in [3.8, 4) is 10.6 Å². The van der Waals surface area contributed by atoms with E-state index >= 15 is 0 Å². The molecular formula is C18H26IN5OS. The van der Waals surface area contributed by atoms with Gasteiger partial charge >= 0.3 is 0 Å². The lowest BCUT2D eigenvalue weighted by Crippen LogP contribution is -2.48. The van der Waals surface area contributed by atoms with Crippen molar-refractivity contribution in [2.75, 3.05) is 13.6 Å². The van der Waals surface area contributed by atoms with Crippen molar-refractivity contribution in [2.45, 2.75) is 32.9 Å². The lowest BCUT2D eigenvalue weighted by molar-refractivity contribution is -0.121. The standard InChI is InChI=1S/C18H25N5OS.HI/c1-18(2,3)23-15(24)11-21-17(19-4)20-10-14-12-25-16(22-14)13-8-6-5-7-9-13;/h5-9,12H,10-11H2,1-4H3,(H,23,24)(H2,19,20,21);1H. The number of hydrogen-bond donors (Lipinski definition) is 3. The topological polar surface area (TPSA) is 78.4 Å². The Balaban J connectivity index is 0.00000338. The van der Waals surface area contributed by atoms with E-state index in [0.717, 1.165) is 16.3 Å². The SMILES string of the molecule is CN=C(NCC(=O)NC(C)(C)C)NCc1csc(-c2ccccc2)n1.I. The molecule has 1 aromatic heterocycles. The molecule has 2 rings (SSSR count). The average Bonchev–Trinajstić information content (AvgIpc) is 3.03. The molecule has 0 aliphatic heterocycles. The number of halogens is 1. The third-order valence-electron chi connectivity index (χ3n) is 3.16. The second kappa shape index (κ2) is 10.5. The van der Waals surface area contributed by atoms with Gasteiger partial charge < -0.3 is 16.0 Å². The van der Waals surface area contributed by atoms with Crippen LogP contribution in [0.3, 0.4) is 0 Å². The third kappa shape index (κ3) is 7.69. The summed E-state index contributed by atoms with van der Waals surface area (Å²) in [5.74, 6) is 0.494. The molecular weight excluding hydrogens is 461 g/mol. The van der Waals surface area contributed by atoms with Crippen LogP contribution in [-0.4, -0.2) is 36.0 Å². The molecule has 2 aromatic rings. The van der Waals surface area contributed by atoms with Gasteiger partial charge in [-0.2, -0.15) is 0 Å². The number of aromatic nitrogens is 1. The van der Waals surface area contributed by atoms with Crippen molar-refractivity contribution in [3.63, 3.8) is 0 Å². The van der Waals surface area contributed by atoms with E-state index in [2.05, 4.69) is 25.9 Å². The largest absolute Gasteiger partial charge is 0.351 e. The molecule has 0 bridgehead atoms. The highest BCUT2D eigenvalue weighted by Crippen LogP contribution is 2.23. The van der Waals surface area contributed by atoms with Crippen LogP contribution < -0.4 is 16.0 Å². The fourth-order valence-electron chi connectivity index (χ4n) is 2.12. The summed E-state index contributed by atoms with van der Waals surface area (Å²) in [7, 11) is 1.67. The quantitative estimate of drug-likeness (QED) is 0.344. The van der Waals surface area contributed by atoms with Crippen LogP contribution in [0, 0.1) is 0 Å². The Morgan fingerprint density at radius 3 is 2.50 bits per heavy atom. The van der Waals surface area contributed by atoms with Crippen molar-refractivity contribution in [2.24, 2.45) is 4.99 Å². The van der Waals surface area contributed by atoms with Crippen LogP contribution >= 0.6 is 35.3 Å². The van der Waals surface area contributed by atoms with Gasteiger partial charge in [0.2, 0.25) is 5.91 Å². The van der Waals surface area contributed by atoms with E-state index in [1.165, 1.54) is 0 Å². The predicted molar refractivity (Wildman–Crippen MR) is 119 cm³/mol. The predicted octanol–water partition coefficient (Wildman–Crippen LogP) is 3.01. The fraction of sp³-hybridized carbons (Fsp3) is 0.389. The summed E-state index contributed by atoms with van der Waals surface area (Å²) < 4.78 is 0. The van der Waals surface area contributed by atoms with Gasteiger partial charge in [-0.15, -0.1) is 35.3 Å². The van der Waals surface area contributed by atoms with Gasteiger partial charge in [-0.25, -0.2) is 4.98 Å². The summed E-state index contributed by atoms with van der Waals surface area (Å²) in [5, 5.41) is 12.1. The van der Waals surface area contributed by atoms with E-state index in [4.69, 9.17) is 0 Å². The minimum absolute atomic E-state index is 0. The van der Waals surface area contributed by atoms with Crippen LogP contribution in [0.1, 0.15) is 26.5 Å². The number of hydrogen-bond acceptors (Lipinski definition) is 4. The number of amides is 1. The van der Waals surface area contributed by atoms with E-state index < -0.39 is 0 Å². The summed E-state index contributed by atoms with van der Waals surface area (Å²) in [6.45, 7) is 6.56. The minimum Gasteiger partial charge on any atom is -0.351 e. The van der Waals surface area contributed by atoms with Crippen LogP contribution in [-0.2, 0) is 11.3 Å². The van der Waals surface area contributed by atoms with Gasteiger partial charge in [-0.1, -0.05) is 30.3 Å². The number of carbonyl (C=O) groups is 1. The second-order valence-corrected chi connectivity index (χ2v) is 7.45. The maximum atomic E-state index is 11.8. The van der Waals surface area contributed by atoms with Gasteiger partial charge in [0.1, 0.15) is 5.01 Å². The smallest absolute Gasteiger partial charge is 0.239 e. The van der Waals surface area contributed by atoms with Gasteiger partial charge in [-0.05, 0) is 20.8 Å². The molecule has 0 unspecified atom stereocenters. The van der Waals surface area contributed by atoms with Crippen molar-refractivity contribution >= 4 is 47.2 Å². The third-order valence-corrected chi connectivity index (χ3v) is 4.10. The van der Waals surface area contributed by atoms with E-state index in [0.29, 0.717) is 12.5 Å².